The predicted molar refractivity (Wildman–Crippen MR) is 50.4 cm³/mol. The average molecular weight is 174 g/mol. The summed E-state index contributed by atoms with van der Waals surface area (Å²) in [6.07, 6.45) is 3.28. The standard InChI is InChI=1S/C10H10N2O/c1-7-2-3-10(13)8(4-7)9-5-11-6-12-9/h2-6,13H,1H3,(H,11,12). The van der Waals surface area contributed by atoms with E-state index in [9.17, 15) is 5.11 Å². The third kappa shape index (κ3) is 1.40. The highest BCUT2D eigenvalue weighted by atomic mass is 16.3. The number of rotatable bonds is 1. The number of hydrogen-bond donors (Lipinski definition) is 2. The first-order valence-electron chi connectivity index (χ1n) is 4.06. The molecule has 3 nitrogen and oxygen atoms in total. The van der Waals surface area contributed by atoms with Gasteiger partial charge in [0, 0.05) is 5.56 Å². The van der Waals surface area contributed by atoms with Crippen molar-refractivity contribution in [2.45, 2.75) is 6.92 Å². The molecular weight excluding hydrogens is 164 g/mol. The van der Waals surface area contributed by atoms with Gasteiger partial charge in [-0.05, 0) is 19.1 Å². The Morgan fingerprint density at radius 2 is 2.23 bits per heavy atom. The lowest BCUT2D eigenvalue weighted by molar-refractivity contribution is 0.477. The van der Waals surface area contributed by atoms with Crippen LogP contribution in [-0.4, -0.2) is 15.1 Å². The zero-order valence-corrected chi connectivity index (χ0v) is 7.28. The highest BCUT2D eigenvalue weighted by molar-refractivity contribution is 5.66. The van der Waals surface area contributed by atoms with Crippen molar-refractivity contribution in [3.8, 4) is 17.0 Å². The fraction of sp³-hybridized carbons (Fsp3) is 0.100. The van der Waals surface area contributed by atoms with Crippen LogP contribution in [0.15, 0.2) is 30.7 Å². The van der Waals surface area contributed by atoms with Gasteiger partial charge in [-0.3, -0.25) is 0 Å². The van der Waals surface area contributed by atoms with Crippen molar-refractivity contribution in [2.24, 2.45) is 0 Å². The molecule has 0 unspecified atom stereocenters. The van der Waals surface area contributed by atoms with Crippen LogP contribution >= 0.6 is 0 Å². The molecule has 0 aliphatic rings. The second kappa shape index (κ2) is 2.94. The van der Waals surface area contributed by atoms with E-state index in [1.54, 1.807) is 18.6 Å². The van der Waals surface area contributed by atoms with Gasteiger partial charge in [-0.1, -0.05) is 11.6 Å². The average Bonchev–Trinajstić information content (AvgIpc) is 2.61. The number of nitrogens with zero attached hydrogens (tertiary/aromatic N) is 1. The molecule has 0 saturated carbocycles. The Labute approximate surface area is 76.1 Å². The van der Waals surface area contributed by atoms with Crippen molar-refractivity contribution >= 4 is 0 Å². The summed E-state index contributed by atoms with van der Waals surface area (Å²) in [6.45, 7) is 1.99. The Balaban J connectivity index is 2.57. The molecule has 0 atom stereocenters. The van der Waals surface area contributed by atoms with Crippen molar-refractivity contribution < 1.29 is 5.11 Å². The van der Waals surface area contributed by atoms with Crippen LogP contribution < -0.4 is 0 Å². The van der Waals surface area contributed by atoms with Gasteiger partial charge in [0.05, 0.1) is 18.2 Å². The smallest absolute Gasteiger partial charge is 0.124 e. The molecule has 1 heterocycles. The third-order valence-corrected chi connectivity index (χ3v) is 1.94. The number of aromatic hydroxyl groups is 1. The Bertz CT molecular complexity index is 407. The van der Waals surface area contributed by atoms with Gasteiger partial charge in [0.15, 0.2) is 0 Å². The molecule has 0 aliphatic carbocycles. The SMILES string of the molecule is Cc1ccc(O)c(-c2cnc[nH]2)c1. The van der Waals surface area contributed by atoms with Crippen LogP contribution in [0.4, 0.5) is 0 Å². The van der Waals surface area contributed by atoms with E-state index in [-0.39, 0.29) is 5.75 Å². The first kappa shape index (κ1) is 7.86. The van der Waals surface area contributed by atoms with Gasteiger partial charge < -0.3 is 10.1 Å². The van der Waals surface area contributed by atoms with E-state index in [2.05, 4.69) is 9.97 Å². The van der Waals surface area contributed by atoms with Crippen molar-refractivity contribution in [1.29, 1.82) is 0 Å². The zero-order valence-electron chi connectivity index (χ0n) is 7.28. The molecular formula is C10H10N2O. The van der Waals surface area contributed by atoms with Gasteiger partial charge in [-0.25, -0.2) is 4.98 Å². The number of aromatic amines is 1. The van der Waals surface area contributed by atoms with Crippen LogP contribution in [0.5, 0.6) is 5.75 Å². The summed E-state index contributed by atoms with van der Waals surface area (Å²) in [6, 6.07) is 5.48. The van der Waals surface area contributed by atoms with Crippen molar-refractivity contribution in [1.82, 2.24) is 9.97 Å². The van der Waals surface area contributed by atoms with Crippen LogP contribution in [0.1, 0.15) is 5.56 Å². The number of imidazole rings is 1. The molecule has 2 N–H and O–H groups in total. The molecule has 0 radical (unpaired) electrons. The zero-order chi connectivity index (χ0) is 9.26. The third-order valence-electron chi connectivity index (χ3n) is 1.94. The van der Waals surface area contributed by atoms with Crippen molar-refractivity contribution in [2.75, 3.05) is 0 Å². The second-order valence-corrected chi connectivity index (χ2v) is 2.99. The summed E-state index contributed by atoms with van der Waals surface area (Å²) < 4.78 is 0. The van der Waals surface area contributed by atoms with E-state index in [1.807, 2.05) is 19.1 Å². The summed E-state index contributed by atoms with van der Waals surface area (Å²) in [5, 5.41) is 9.56. The fourth-order valence-corrected chi connectivity index (χ4v) is 1.27. The number of phenols is 1. The molecule has 3 heteroatoms. The first-order valence-corrected chi connectivity index (χ1v) is 4.06. The summed E-state index contributed by atoms with van der Waals surface area (Å²) in [7, 11) is 0. The predicted octanol–water partition coefficient (Wildman–Crippen LogP) is 2.09. The van der Waals surface area contributed by atoms with Crippen molar-refractivity contribution in [3.63, 3.8) is 0 Å². The maximum atomic E-state index is 9.56. The highest BCUT2D eigenvalue weighted by Gasteiger charge is 2.04. The highest BCUT2D eigenvalue weighted by Crippen LogP contribution is 2.27. The van der Waals surface area contributed by atoms with Gasteiger partial charge in [-0.2, -0.15) is 0 Å². The molecule has 0 fully saturated rings. The number of aryl methyl sites for hydroxylation is 1. The lowest BCUT2D eigenvalue weighted by Crippen LogP contribution is -1.80. The minimum atomic E-state index is 0.273. The van der Waals surface area contributed by atoms with Crippen LogP contribution in [0.2, 0.25) is 0 Å². The number of benzene rings is 1. The van der Waals surface area contributed by atoms with E-state index in [0.717, 1.165) is 16.8 Å². The Morgan fingerprint density at radius 1 is 1.38 bits per heavy atom. The molecule has 66 valence electrons. The van der Waals surface area contributed by atoms with Gasteiger partial charge in [0.1, 0.15) is 5.75 Å². The van der Waals surface area contributed by atoms with E-state index < -0.39 is 0 Å². The molecule has 13 heavy (non-hydrogen) atoms. The molecule has 1 aromatic carbocycles. The first-order chi connectivity index (χ1) is 6.27. The van der Waals surface area contributed by atoms with E-state index in [4.69, 9.17) is 0 Å². The van der Waals surface area contributed by atoms with Gasteiger partial charge >= 0.3 is 0 Å². The van der Waals surface area contributed by atoms with Gasteiger partial charge in [0.2, 0.25) is 0 Å². The Hall–Kier alpha value is -1.77. The van der Waals surface area contributed by atoms with Gasteiger partial charge in [-0.15, -0.1) is 0 Å². The molecule has 0 spiro atoms. The lowest BCUT2D eigenvalue weighted by atomic mass is 10.1. The van der Waals surface area contributed by atoms with Crippen LogP contribution in [-0.2, 0) is 0 Å². The molecule has 0 aliphatic heterocycles. The lowest BCUT2D eigenvalue weighted by Gasteiger charge is -2.02. The maximum absolute atomic E-state index is 9.56. The molecule has 0 saturated heterocycles. The van der Waals surface area contributed by atoms with E-state index >= 15 is 0 Å². The molecule has 0 amide bonds. The monoisotopic (exact) mass is 174 g/mol. The summed E-state index contributed by atoms with van der Waals surface area (Å²) in [5.41, 5.74) is 2.74. The number of H-pyrrole nitrogens is 1. The maximum Gasteiger partial charge on any atom is 0.124 e. The fourth-order valence-electron chi connectivity index (χ4n) is 1.27. The Morgan fingerprint density at radius 3 is 2.92 bits per heavy atom. The topological polar surface area (TPSA) is 48.9 Å². The van der Waals surface area contributed by atoms with Gasteiger partial charge in [0.25, 0.3) is 0 Å². The van der Waals surface area contributed by atoms with Crippen LogP contribution in [0.3, 0.4) is 0 Å². The molecule has 0 bridgehead atoms. The summed E-state index contributed by atoms with van der Waals surface area (Å²) in [5.74, 6) is 0.273. The Kier molecular flexibility index (Phi) is 1.77. The normalized spacial score (nSPS) is 10.2. The molecule has 1 aromatic heterocycles. The quantitative estimate of drug-likeness (QED) is 0.695. The van der Waals surface area contributed by atoms with Crippen molar-refractivity contribution in [3.05, 3.63) is 36.3 Å². The minimum Gasteiger partial charge on any atom is -0.507 e. The minimum absolute atomic E-state index is 0.273. The molecule has 2 aromatic rings. The number of phenolic OH excluding ortho intramolecular Hbond substituents is 1. The number of aromatic nitrogens is 2. The van der Waals surface area contributed by atoms with E-state index in [0.29, 0.717) is 0 Å². The number of hydrogen-bond acceptors (Lipinski definition) is 2. The number of nitrogens with one attached hydrogen (secondary N) is 1. The van der Waals surface area contributed by atoms with E-state index in [1.165, 1.54) is 0 Å². The largest absolute Gasteiger partial charge is 0.507 e. The van der Waals surface area contributed by atoms with Crippen LogP contribution in [0.25, 0.3) is 11.3 Å². The summed E-state index contributed by atoms with van der Waals surface area (Å²) in [4.78, 5) is 6.85. The molecule has 2 rings (SSSR count). The second-order valence-electron chi connectivity index (χ2n) is 2.99. The summed E-state index contributed by atoms with van der Waals surface area (Å²) >= 11 is 0. The van der Waals surface area contributed by atoms with Crippen LogP contribution in [0, 0.1) is 6.92 Å².